The zero-order valence-corrected chi connectivity index (χ0v) is 11.4. The van der Waals surface area contributed by atoms with Gasteiger partial charge < -0.3 is 10.4 Å². The molecule has 1 heterocycles. The Morgan fingerprint density at radius 2 is 1.82 bits per heavy atom. The van der Waals surface area contributed by atoms with Crippen molar-refractivity contribution in [2.24, 2.45) is 0 Å². The van der Waals surface area contributed by atoms with Gasteiger partial charge in [-0.25, -0.2) is 0 Å². The molecule has 1 aliphatic rings. The number of aliphatic hydroxyl groups is 1. The van der Waals surface area contributed by atoms with Crippen molar-refractivity contribution in [1.82, 2.24) is 14.3 Å². The standard InChI is InChI=1S/C10H23N3O3S/c1-3-10(14,4-2)9-12-17(15,16)13-7-5-11-6-8-13/h11-12,14H,3-9H2,1-2H3. The van der Waals surface area contributed by atoms with Gasteiger partial charge in [0, 0.05) is 32.7 Å². The van der Waals surface area contributed by atoms with Gasteiger partial charge in [-0.15, -0.1) is 0 Å². The molecule has 0 spiro atoms. The van der Waals surface area contributed by atoms with Gasteiger partial charge in [0.15, 0.2) is 0 Å². The molecule has 0 atom stereocenters. The smallest absolute Gasteiger partial charge is 0.279 e. The molecular formula is C10H23N3O3S. The van der Waals surface area contributed by atoms with Crippen molar-refractivity contribution in [2.75, 3.05) is 32.7 Å². The maximum absolute atomic E-state index is 11.9. The summed E-state index contributed by atoms with van der Waals surface area (Å²) in [6.45, 7) is 6.08. The van der Waals surface area contributed by atoms with Gasteiger partial charge in [-0.1, -0.05) is 13.8 Å². The molecular weight excluding hydrogens is 242 g/mol. The third-order valence-electron chi connectivity index (χ3n) is 3.32. The van der Waals surface area contributed by atoms with Gasteiger partial charge in [0.05, 0.1) is 5.60 Å². The number of nitrogens with zero attached hydrogens (tertiary/aromatic N) is 1. The van der Waals surface area contributed by atoms with Gasteiger partial charge in [-0.05, 0) is 12.8 Å². The van der Waals surface area contributed by atoms with E-state index in [0.717, 1.165) is 0 Å². The van der Waals surface area contributed by atoms with Crippen LogP contribution in [0.4, 0.5) is 0 Å². The second-order valence-corrected chi connectivity index (χ2v) is 6.16. The lowest BCUT2D eigenvalue weighted by Gasteiger charge is -2.30. The summed E-state index contributed by atoms with van der Waals surface area (Å²) in [5, 5.41) is 13.1. The van der Waals surface area contributed by atoms with Crippen LogP contribution in [0.25, 0.3) is 0 Å². The number of rotatable bonds is 6. The summed E-state index contributed by atoms with van der Waals surface area (Å²) < 4.78 is 27.8. The van der Waals surface area contributed by atoms with Crippen LogP contribution in [-0.2, 0) is 10.2 Å². The van der Waals surface area contributed by atoms with Crippen molar-refractivity contribution in [1.29, 1.82) is 0 Å². The molecule has 0 radical (unpaired) electrons. The Bertz CT molecular complexity index is 322. The van der Waals surface area contributed by atoms with Gasteiger partial charge in [-0.3, -0.25) is 0 Å². The summed E-state index contributed by atoms with van der Waals surface area (Å²) in [6.07, 6.45) is 1.07. The second kappa shape index (κ2) is 6.10. The number of nitrogens with one attached hydrogen (secondary N) is 2. The van der Waals surface area contributed by atoms with E-state index in [1.807, 2.05) is 13.8 Å². The Balaban J connectivity index is 2.54. The quantitative estimate of drug-likeness (QED) is 0.592. The second-order valence-electron chi connectivity index (χ2n) is 4.41. The van der Waals surface area contributed by atoms with E-state index < -0.39 is 15.8 Å². The molecule has 0 saturated carbocycles. The van der Waals surface area contributed by atoms with Crippen LogP contribution < -0.4 is 10.0 Å². The minimum Gasteiger partial charge on any atom is -0.389 e. The molecule has 0 aromatic carbocycles. The average molecular weight is 265 g/mol. The monoisotopic (exact) mass is 265 g/mol. The summed E-state index contributed by atoms with van der Waals surface area (Å²) in [4.78, 5) is 0. The zero-order valence-electron chi connectivity index (χ0n) is 10.6. The molecule has 1 aliphatic heterocycles. The predicted octanol–water partition coefficient (Wildman–Crippen LogP) is -0.723. The van der Waals surface area contributed by atoms with Gasteiger partial charge in [-0.2, -0.15) is 17.4 Å². The third-order valence-corrected chi connectivity index (χ3v) is 4.87. The van der Waals surface area contributed by atoms with E-state index in [1.54, 1.807) is 0 Å². The molecule has 1 rings (SSSR count). The highest BCUT2D eigenvalue weighted by Crippen LogP contribution is 2.13. The highest BCUT2D eigenvalue weighted by molar-refractivity contribution is 7.87. The molecule has 0 bridgehead atoms. The predicted molar refractivity (Wildman–Crippen MR) is 66.9 cm³/mol. The average Bonchev–Trinajstić information content (AvgIpc) is 2.37. The molecule has 0 aromatic heterocycles. The van der Waals surface area contributed by atoms with Gasteiger partial charge in [0.1, 0.15) is 0 Å². The SMILES string of the molecule is CCC(O)(CC)CNS(=O)(=O)N1CCNCC1. The van der Waals surface area contributed by atoms with Crippen molar-refractivity contribution in [3.8, 4) is 0 Å². The highest BCUT2D eigenvalue weighted by Gasteiger charge is 2.28. The third kappa shape index (κ3) is 4.18. The molecule has 3 N–H and O–H groups in total. The van der Waals surface area contributed by atoms with Crippen molar-refractivity contribution >= 4 is 10.2 Å². The summed E-state index contributed by atoms with van der Waals surface area (Å²) in [7, 11) is -3.45. The van der Waals surface area contributed by atoms with E-state index in [2.05, 4.69) is 10.0 Å². The first-order valence-corrected chi connectivity index (χ1v) is 7.55. The first-order valence-electron chi connectivity index (χ1n) is 6.11. The summed E-state index contributed by atoms with van der Waals surface area (Å²) >= 11 is 0. The Morgan fingerprint density at radius 3 is 2.29 bits per heavy atom. The Morgan fingerprint density at radius 1 is 1.29 bits per heavy atom. The zero-order chi connectivity index (χ0) is 12.9. The van der Waals surface area contributed by atoms with Crippen LogP contribution in [0.2, 0.25) is 0 Å². The van der Waals surface area contributed by atoms with Gasteiger partial charge >= 0.3 is 0 Å². The first-order chi connectivity index (χ1) is 7.93. The fraction of sp³-hybridized carbons (Fsp3) is 1.00. The van der Waals surface area contributed by atoms with E-state index in [9.17, 15) is 13.5 Å². The number of hydrogen-bond acceptors (Lipinski definition) is 4. The van der Waals surface area contributed by atoms with Crippen molar-refractivity contribution in [2.45, 2.75) is 32.3 Å². The summed E-state index contributed by atoms with van der Waals surface area (Å²) in [5.41, 5.74) is -0.943. The molecule has 0 amide bonds. The largest absolute Gasteiger partial charge is 0.389 e. The van der Waals surface area contributed by atoms with Crippen LogP contribution in [0.15, 0.2) is 0 Å². The lowest BCUT2D eigenvalue weighted by molar-refractivity contribution is 0.0373. The minimum atomic E-state index is -3.45. The van der Waals surface area contributed by atoms with Crippen molar-refractivity contribution < 1.29 is 13.5 Å². The van der Waals surface area contributed by atoms with Gasteiger partial charge in [0.2, 0.25) is 0 Å². The maximum atomic E-state index is 11.9. The van der Waals surface area contributed by atoms with E-state index in [1.165, 1.54) is 4.31 Å². The lowest BCUT2D eigenvalue weighted by atomic mass is 9.98. The molecule has 0 unspecified atom stereocenters. The normalized spacial score (nSPS) is 19.5. The maximum Gasteiger partial charge on any atom is 0.279 e. The van der Waals surface area contributed by atoms with E-state index >= 15 is 0 Å². The van der Waals surface area contributed by atoms with Crippen LogP contribution in [0.5, 0.6) is 0 Å². The molecule has 6 nitrogen and oxygen atoms in total. The Kier molecular flexibility index (Phi) is 5.33. The molecule has 1 saturated heterocycles. The lowest BCUT2D eigenvalue weighted by Crippen LogP contribution is -2.53. The van der Waals surface area contributed by atoms with Crippen molar-refractivity contribution in [3.63, 3.8) is 0 Å². The molecule has 0 aliphatic carbocycles. The van der Waals surface area contributed by atoms with E-state index in [4.69, 9.17) is 0 Å². The molecule has 102 valence electrons. The molecule has 7 heteroatoms. The fourth-order valence-corrected chi connectivity index (χ4v) is 3.00. The van der Waals surface area contributed by atoms with Crippen LogP contribution in [0, 0.1) is 0 Å². The fourth-order valence-electron chi connectivity index (χ4n) is 1.70. The van der Waals surface area contributed by atoms with Gasteiger partial charge in [0.25, 0.3) is 10.2 Å². The van der Waals surface area contributed by atoms with Crippen molar-refractivity contribution in [3.05, 3.63) is 0 Å². The highest BCUT2D eigenvalue weighted by atomic mass is 32.2. The minimum absolute atomic E-state index is 0.0757. The van der Waals surface area contributed by atoms with E-state index in [-0.39, 0.29) is 6.54 Å². The number of hydrogen-bond donors (Lipinski definition) is 3. The summed E-state index contributed by atoms with van der Waals surface area (Å²) in [6, 6.07) is 0. The van der Waals surface area contributed by atoms with Crippen LogP contribution >= 0.6 is 0 Å². The molecule has 17 heavy (non-hydrogen) atoms. The van der Waals surface area contributed by atoms with Crippen LogP contribution in [0.3, 0.4) is 0 Å². The molecule has 1 fully saturated rings. The first kappa shape index (κ1) is 14.8. The topological polar surface area (TPSA) is 81.7 Å². The summed E-state index contributed by atoms with van der Waals surface area (Å²) in [5.74, 6) is 0. The van der Waals surface area contributed by atoms with E-state index in [0.29, 0.717) is 39.0 Å². The number of piperazine rings is 1. The Labute approximate surface area is 104 Å². The molecule has 0 aromatic rings. The Hall–Kier alpha value is -0.210. The van der Waals surface area contributed by atoms with Crippen LogP contribution in [0.1, 0.15) is 26.7 Å². The van der Waals surface area contributed by atoms with Crippen LogP contribution in [-0.4, -0.2) is 56.2 Å².